The molecule has 7 N–H and O–H groups in total. The Balaban J connectivity index is 2.22. The molecule has 3 aliphatic rings. The van der Waals surface area contributed by atoms with Crippen LogP contribution >= 0.6 is 11.8 Å². The fourth-order valence-electron chi connectivity index (χ4n) is 6.35. The van der Waals surface area contributed by atoms with Gasteiger partial charge in [-0.3, -0.25) is 28.8 Å². The number of aliphatic carboxylic acids is 1. The van der Waals surface area contributed by atoms with Gasteiger partial charge >= 0.3 is 5.97 Å². The number of phenols is 1. The monoisotopic (exact) mass is 846 g/mol. The molecule has 0 aromatic heterocycles. The van der Waals surface area contributed by atoms with E-state index in [0.717, 1.165) is 6.92 Å². The summed E-state index contributed by atoms with van der Waals surface area (Å²) >= 11 is 0.561. The predicted molar refractivity (Wildman–Crippen MR) is 227 cm³/mol. The number of aryl methyl sites for hydroxylation is 1. The number of thioether (sulfide) groups is 1. The maximum atomic E-state index is 14.5. The topological polar surface area (TPSA) is 245 Å². The number of phenolic OH excluding ortho intramolecular Hbond substituents is 1. The molecule has 1 aromatic carbocycles. The van der Waals surface area contributed by atoms with Gasteiger partial charge in [-0.05, 0) is 56.9 Å². The molecule has 7 unspecified atom stereocenters. The molecule has 7 atom stereocenters. The van der Waals surface area contributed by atoms with Crippen LogP contribution in [0, 0.1) is 24.7 Å². The zero-order chi connectivity index (χ0) is 45.2. The number of hydrogen-bond acceptors (Lipinski definition) is 12. The fraction of sp³-hybridized carbons (Fsp3) is 0.400. The number of fused-ring (bicyclic) bond motifs is 18. The summed E-state index contributed by atoms with van der Waals surface area (Å²) in [6, 6.07) is -0.311. The molecular weight excluding hydrogens is 793 g/mol. The highest BCUT2D eigenvalue weighted by atomic mass is 32.2. The third-order valence-corrected chi connectivity index (χ3v) is 11.4. The van der Waals surface area contributed by atoms with E-state index < -0.39 is 110 Å². The maximum Gasteiger partial charge on any atom is 0.327 e. The van der Waals surface area contributed by atoms with Gasteiger partial charge in [0, 0.05) is 53.6 Å². The second-order valence-electron chi connectivity index (χ2n) is 15.2. The highest BCUT2D eigenvalue weighted by Crippen LogP contribution is 2.40. The number of hydrogen-bond donors (Lipinski definition) is 7. The third kappa shape index (κ3) is 12.5. The maximum absolute atomic E-state index is 14.5. The van der Waals surface area contributed by atoms with Crippen molar-refractivity contribution in [2.75, 3.05) is 5.75 Å². The Kier molecular flexibility index (Phi) is 17.7. The summed E-state index contributed by atoms with van der Waals surface area (Å²) in [5.74, 6) is -8.66. The normalized spacial score (nSPS) is 24.8. The van der Waals surface area contributed by atoms with Crippen molar-refractivity contribution in [3.05, 3.63) is 110 Å². The molecule has 2 heterocycles. The van der Waals surface area contributed by atoms with Gasteiger partial charge in [0.25, 0.3) is 5.91 Å². The van der Waals surface area contributed by atoms with E-state index in [1.54, 1.807) is 58.1 Å². The number of ketones is 4. The van der Waals surface area contributed by atoms with Gasteiger partial charge in [0.15, 0.2) is 11.6 Å². The summed E-state index contributed by atoms with van der Waals surface area (Å²) in [6.45, 7) is 12.0. The lowest BCUT2D eigenvalue weighted by atomic mass is 9.83. The number of Topliss-reactive ketones (excluding diaryl/α,β-unsaturated/α-hetero) is 4. The van der Waals surface area contributed by atoms with Crippen molar-refractivity contribution in [2.45, 2.75) is 92.6 Å². The van der Waals surface area contributed by atoms with Gasteiger partial charge in [0.2, 0.25) is 17.5 Å². The van der Waals surface area contributed by atoms with E-state index in [4.69, 9.17) is 0 Å². The van der Waals surface area contributed by atoms with Gasteiger partial charge in [0.1, 0.15) is 17.5 Å². The Bertz CT molecular complexity index is 2140. The second kappa shape index (κ2) is 21.7. The summed E-state index contributed by atoms with van der Waals surface area (Å²) in [6.07, 6.45) is 10.7. The van der Waals surface area contributed by atoms with Gasteiger partial charge < -0.3 is 36.2 Å². The first-order valence-electron chi connectivity index (χ1n) is 19.4. The van der Waals surface area contributed by atoms with Crippen LogP contribution in [0.4, 0.5) is 0 Å². The summed E-state index contributed by atoms with van der Waals surface area (Å²) in [5.41, 5.74) is -1.25. The summed E-state index contributed by atoms with van der Waals surface area (Å²) in [5, 5.41) is 58.2. The number of rotatable bonds is 5. The Morgan fingerprint density at radius 3 is 2.13 bits per heavy atom. The minimum absolute atomic E-state index is 0.00686. The quantitative estimate of drug-likeness (QED) is 0.198. The molecule has 60 heavy (non-hydrogen) atoms. The molecule has 4 bridgehead atoms. The lowest BCUT2D eigenvalue weighted by Crippen LogP contribution is -2.42. The van der Waals surface area contributed by atoms with Crippen molar-refractivity contribution < 1.29 is 59.1 Å². The van der Waals surface area contributed by atoms with Crippen LogP contribution in [0.1, 0.15) is 97.9 Å². The molecule has 0 saturated heterocycles. The fourth-order valence-corrected chi connectivity index (χ4v) is 7.43. The third-order valence-electron chi connectivity index (χ3n) is 10.2. The number of benzene rings is 1. The van der Waals surface area contributed by atoms with Crippen LogP contribution in [0.15, 0.2) is 88.1 Å². The molecule has 0 radical (unpaired) electrons. The molecule has 1 aromatic rings. The first kappa shape index (κ1) is 48.9. The summed E-state index contributed by atoms with van der Waals surface area (Å²) in [4.78, 5) is 92.7. The zero-order valence-electron chi connectivity index (χ0n) is 34.9. The minimum Gasteiger partial charge on any atom is -0.507 e. The smallest absolute Gasteiger partial charge is 0.327 e. The number of carbonyl (C=O) groups excluding carboxylic acids is 6. The molecule has 15 heteroatoms. The SMILES string of the molecule is CC(=O)NC(CSC1=C2NC(=O)C(C)=CC=CC=CC(C)C(O)CC(=O)C(C)=CCC(O)C=CC(C)C(O)C(C)C=C(C)C(=O)c3c(O)c(C)cc(c3C1=O)C2=O)C(=O)O. The molecule has 2 aliphatic heterocycles. The van der Waals surface area contributed by atoms with Gasteiger partial charge in [-0.15, -0.1) is 11.8 Å². The van der Waals surface area contributed by atoms with Crippen LogP contribution < -0.4 is 10.6 Å². The van der Waals surface area contributed by atoms with Crippen LogP contribution in [0.3, 0.4) is 0 Å². The Hall–Kier alpha value is -5.48. The van der Waals surface area contributed by atoms with Crippen LogP contribution in [-0.4, -0.2) is 96.6 Å². The first-order chi connectivity index (χ1) is 28.1. The molecule has 4 rings (SSSR count). The molecule has 0 saturated carbocycles. The summed E-state index contributed by atoms with van der Waals surface area (Å²) < 4.78 is 0. The molecule has 14 nitrogen and oxygen atoms in total. The Morgan fingerprint density at radius 1 is 0.833 bits per heavy atom. The molecule has 0 fully saturated rings. The highest BCUT2D eigenvalue weighted by Gasteiger charge is 2.39. The van der Waals surface area contributed by atoms with Crippen LogP contribution in [-0.2, 0) is 19.2 Å². The molecule has 1 aliphatic carbocycles. The number of amides is 2. The molecule has 0 spiro atoms. The Morgan fingerprint density at radius 2 is 1.50 bits per heavy atom. The van der Waals surface area contributed by atoms with Crippen molar-refractivity contribution in [2.24, 2.45) is 17.8 Å². The first-order valence-corrected chi connectivity index (χ1v) is 20.4. The standard InChI is InChI=1S/C45H54N2O12S/c1-22-12-10-9-11-13-25(4)44(57)47-37-41(55)31-19-28(7)40(54)36(35(31)42(56)43(37)60-21-32(45(58)59)46-29(8)48)39(53)27(6)18-26(5)38(52)24(3)15-17-30(49)16-14-23(2)34(51)20-33(22)50/h9-15,17-19,22,24,26,30,32-33,38,49-50,52,54H,16,20-21H2,1-8H3,(H,46,48)(H,47,57)(H,58,59). The second-order valence-corrected chi connectivity index (χ2v) is 16.2. The van der Waals surface area contributed by atoms with Crippen molar-refractivity contribution in [1.82, 2.24) is 10.6 Å². The highest BCUT2D eigenvalue weighted by molar-refractivity contribution is 8.04. The number of aliphatic hydroxyl groups excluding tert-OH is 3. The number of aromatic hydroxyl groups is 1. The average Bonchev–Trinajstić information content (AvgIpc) is 3.19. The minimum atomic E-state index is -1.52. The Labute approximate surface area is 353 Å². The number of nitrogens with one attached hydrogen (secondary N) is 2. The summed E-state index contributed by atoms with van der Waals surface area (Å²) in [7, 11) is 0. The van der Waals surface area contributed by atoms with Gasteiger partial charge in [0.05, 0.1) is 28.8 Å². The van der Waals surface area contributed by atoms with E-state index in [0.29, 0.717) is 17.3 Å². The van der Waals surface area contributed by atoms with Gasteiger partial charge in [-0.2, -0.15) is 0 Å². The lowest BCUT2D eigenvalue weighted by molar-refractivity contribution is -0.140. The van der Waals surface area contributed by atoms with E-state index in [1.807, 2.05) is 0 Å². The van der Waals surface area contributed by atoms with Crippen molar-refractivity contribution in [1.29, 1.82) is 0 Å². The van der Waals surface area contributed by atoms with Crippen LogP contribution in [0.2, 0.25) is 0 Å². The van der Waals surface area contributed by atoms with E-state index in [9.17, 15) is 59.1 Å². The number of allylic oxidation sites excluding steroid dienone is 8. The van der Waals surface area contributed by atoms with Crippen molar-refractivity contribution in [3.8, 4) is 5.75 Å². The van der Waals surface area contributed by atoms with Crippen LogP contribution in [0.5, 0.6) is 5.75 Å². The van der Waals surface area contributed by atoms with Gasteiger partial charge in [-0.1, -0.05) is 75.5 Å². The number of carboxylic acid groups (broad SMARTS) is 1. The molecular formula is C45H54N2O12S. The van der Waals surface area contributed by atoms with Crippen molar-refractivity contribution >= 4 is 52.7 Å². The predicted octanol–water partition coefficient (Wildman–Crippen LogP) is 4.77. The number of carbonyl (C=O) groups is 7. The lowest BCUT2D eigenvalue weighted by Gasteiger charge is -2.25. The zero-order valence-corrected chi connectivity index (χ0v) is 35.8. The average molecular weight is 847 g/mol. The van der Waals surface area contributed by atoms with Gasteiger partial charge in [-0.25, -0.2) is 4.79 Å². The van der Waals surface area contributed by atoms with E-state index in [1.165, 1.54) is 51.1 Å². The largest absolute Gasteiger partial charge is 0.507 e. The molecule has 322 valence electrons. The van der Waals surface area contributed by atoms with E-state index >= 15 is 0 Å². The van der Waals surface area contributed by atoms with E-state index in [2.05, 4.69) is 10.6 Å². The van der Waals surface area contributed by atoms with Crippen molar-refractivity contribution in [3.63, 3.8) is 0 Å². The number of aliphatic hydroxyl groups is 3. The van der Waals surface area contributed by atoms with E-state index in [-0.39, 0.29) is 40.9 Å². The molecule has 2 amide bonds. The number of carboxylic acids is 1. The van der Waals surface area contributed by atoms with Crippen LogP contribution in [0.25, 0.3) is 0 Å².